The zero-order valence-electron chi connectivity index (χ0n) is 21.1. The molecule has 0 radical (unpaired) electrons. The van der Waals surface area contributed by atoms with E-state index in [0.29, 0.717) is 43.0 Å². The fourth-order valence-corrected chi connectivity index (χ4v) is 6.38. The van der Waals surface area contributed by atoms with Crippen molar-refractivity contribution in [2.24, 2.45) is 0 Å². The smallest absolute Gasteiger partial charge is 0.223 e. The Bertz CT molecular complexity index is 1550. The summed E-state index contributed by atoms with van der Waals surface area (Å²) in [5.74, 6) is -0.606. The Morgan fingerprint density at radius 1 is 1.00 bits per heavy atom. The molecule has 9 heteroatoms. The van der Waals surface area contributed by atoms with Crippen molar-refractivity contribution in [1.29, 1.82) is 0 Å². The van der Waals surface area contributed by atoms with Crippen LogP contribution >= 0.6 is 0 Å². The zero-order valence-corrected chi connectivity index (χ0v) is 21.9. The zero-order chi connectivity index (χ0) is 26.7. The fourth-order valence-electron chi connectivity index (χ4n) is 4.87. The van der Waals surface area contributed by atoms with E-state index in [1.807, 2.05) is 25.1 Å². The van der Waals surface area contributed by atoms with Gasteiger partial charge in [-0.15, -0.1) is 0 Å². The van der Waals surface area contributed by atoms with Crippen molar-refractivity contribution in [3.8, 4) is 11.1 Å². The van der Waals surface area contributed by atoms with Gasteiger partial charge in [0.25, 0.3) is 0 Å². The summed E-state index contributed by atoms with van der Waals surface area (Å²) in [6, 6.07) is 17.3. The van der Waals surface area contributed by atoms with E-state index in [1.165, 1.54) is 6.07 Å². The summed E-state index contributed by atoms with van der Waals surface area (Å²) in [5.41, 5.74) is 4.03. The van der Waals surface area contributed by atoms with E-state index in [-0.39, 0.29) is 23.1 Å². The number of nitrogens with one attached hydrogen (secondary N) is 2. The summed E-state index contributed by atoms with van der Waals surface area (Å²) in [7, 11) is -3.53. The van der Waals surface area contributed by atoms with Crippen molar-refractivity contribution in [3.63, 3.8) is 0 Å². The maximum absolute atomic E-state index is 15.1. The van der Waals surface area contributed by atoms with Crippen molar-refractivity contribution in [1.82, 2.24) is 15.3 Å². The van der Waals surface area contributed by atoms with E-state index in [4.69, 9.17) is 4.98 Å². The molecule has 1 fully saturated rings. The molecular formula is C29H30F2N4O2S. The second kappa shape index (κ2) is 11.1. The van der Waals surface area contributed by atoms with E-state index in [9.17, 15) is 12.8 Å². The third-order valence-electron chi connectivity index (χ3n) is 6.76. The monoisotopic (exact) mass is 536 g/mol. The van der Waals surface area contributed by atoms with E-state index in [2.05, 4.69) is 15.6 Å². The predicted octanol–water partition coefficient (Wildman–Crippen LogP) is 5.23. The van der Waals surface area contributed by atoms with Crippen molar-refractivity contribution in [2.45, 2.75) is 43.5 Å². The molecule has 6 nitrogen and oxygen atoms in total. The van der Waals surface area contributed by atoms with Gasteiger partial charge in [0.1, 0.15) is 12.0 Å². The highest BCUT2D eigenvalue weighted by atomic mass is 32.2. The fraction of sp³-hybridized carbons (Fsp3) is 0.310. The van der Waals surface area contributed by atoms with E-state index in [1.54, 1.807) is 42.6 Å². The molecule has 1 aliphatic heterocycles. The van der Waals surface area contributed by atoms with Crippen molar-refractivity contribution < 1.29 is 17.2 Å². The highest BCUT2D eigenvalue weighted by Gasteiger charge is 2.22. The van der Waals surface area contributed by atoms with Gasteiger partial charge in [-0.2, -0.15) is 0 Å². The van der Waals surface area contributed by atoms with Gasteiger partial charge in [-0.05, 0) is 46.9 Å². The Labute approximate surface area is 221 Å². The molecule has 2 heterocycles. The second-order valence-electron chi connectivity index (χ2n) is 9.78. The Hall–Kier alpha value is -3.43. The summed E-state index contributed by atoms with van der Waals surface area (Å²) in [6.45, 7) is 3.04. The molecule has 5 rings (SSSR count). The van der Waals surface area contributed by atoms with Crippen LogP contribution in [0.25, 0.3) is 22.0 Å². The summed E-state index contributed by atoms with van der Waals surface area (Å²) in [4.78, 5) is 9.12. The summed E-state index contributed by atoms with van der Waals surface area (Å²) in [6.07, 6.45) is 1.93. The van der Waals surface area contributed by atoms with Gasteiger partial charge in [-0.3, -0.25) is 0 Å². The molecule has 2 N–H and O–H groups in total. The average Bonchev–Trinajstić information content (AvgIpc) is 2.89. The number of sulfone groups is 1. The molecule has 0 amide bonds. The van der Waals surface area contributed by atoms with Crippen molar-refractivity contribution >= 4 is 26.7 Å². The van der Waals surface area contributed by atoms with E-state index < -0.39 is 21.8 Å². The van der Waals surface area contributed by atoms with Crippen LogP contribution in [0.2, 0.25) is 0 Å². The SMILES string of the molecule is CCc1cc(-c2ccc(CS(=O)(=O)Cc3ccccc3)c(F)c2)cc2cnc(N[C@@H]3CNC[C@@H](F)C3)nc12. The highest BCUT2D eigenvalue weighted by molar-refractivity contribution is 7.89. The number of piperidine rings is 1. The molecule has 2 atom stereocenters. The average molecular weight is 537 g/mol. The van der Waals surface area contributed by atoms with Gasteiger partial charge >= 0.3 is 0 Å². The van der Waals surface area contributed by atoms with Crippen molar-refractivity contribution in [3.05, 3.63) is 89.4 Å². The first-order valence-corrected chi connectivity index (χ1v) is 14.6. The number of aryl methyl sites for hydroxylation is 1. The number of fused-ring (bicyclic) bond motifs is 1. The number of anilines is 1. The first-order valence-electron chi connectivity index (χ1n) is 12.7. The lowest BCUT2D eigenvalue weighted by molar-refractivity contribution is 0.254. The molecule has 1 saturated heterocycles. The van der Waals surface area contributed by atoms with Gasteiger partial charge in [0.05, 0.1) is 17.0 Å². The number of hydrogen-bond donors (Lipinski definition) is 2. The maximum atomic E-state index is 15.1. The molecule has 0 aliphatic carbocycles. The normalized spacial score (nSPS) is 18.0. The van der Waals surface area contributed by atoms with Gasteiger partial charge in [0, 0.05) is 42.7 Å². The van der Waals surface area contributed by atoms with Crippen molar-refractivity contribution in [2.75, 3.05) is 18.4 Å². The van der Waals surface area contributed by atoms with E-state index >= 15 is 4.39 Å². The van der Waals surface area contributed by atoms with Crippen LogP contribution in [-0.2, 0) is 27.8 Å². The van der Waals surface area contributed by atoms with Gasteiger partial charge < -0.3 is 10.6 Å². The number of benzene rings is 3. The molecule has 4 aromatic rings. The van der Waals surface area contributed by atoms with Gasteiger partial charge in [-0.25, -0.2) is 27.2 Å². The lowest BCUT2D eigenvalue weighted by atomic mass is 9.98. The molecule has 0 saturated carbocycles. The third kappa shape index (κ3) is 6.16. The molecule has 0 spiro atoms. The minimum absolute atomic E-state index is 0.0847. The predicted molar refractivity (Wildman–Crippen MR) is 147 cm³/mol. The summed E-state index contributed by atoms with van der Waals surface area (Å²) >= 11 is 0. The molecule has 0 unspecified atom stereocenters. The molecular weight excluding hydrogens is 506 g/mol. The molecule has 0 bridgehead atoms. The first-order chi connectivity index (χ1) is 18.3. The van der Waals surface area contributed by atoms with Crippen LogP contribution in [-0.4, -0.2) is 43.7 Å². The Kier molecular flexibility index (Phi) is 7.67. The number of aromatic nitrogens is 2. The molecule has 38 heavy (non-hydrogen) atoms. The Morgan fingerprint density at radius 2 is 1.82 bits per heavy atom. The van der Waals surface area contributed by atoms with Crippen LogP contribution in [0.15, 0.2) is 66.9 Å². The van der Waals surface area contributed by atoms with Crippen LogP contribution in [0.3, 0.4) is 0 Å². The number of rotatable bonds is 8. The third-order valence-corrected chi connectivity index (χ3v) is 8.29. The molecule has 1 aliphatic rings. The van der Waals surface area contributed by atoms with Crippen LogP contribution in [0, 0.1) is 5.82 Å². The minimum Gasteiger partial charge on any atom is -0.350 e. The second-order valence-corrected chi connectivity index (χ2v) is 11.8. The first kappa shape index (κ1) is 26.2. The standard InChI is InChI=1S/C29H30F2N4O2S/c1-2-20-10-23(11-24-14-33-29(35-28(20)24)34-26-13-25(30)15-32-16-26)21-8-9-22(27(31)12-21)18-38(36,37)17-19-6-4-3-5-7-19/h3-12,14,25-26,32H,2,13,15-18H2,1H3,(H,33,34,35)/t25-,26-/m0/s1. The van der Waals surface area contributed by atoms with Gasteiger partial charge in [-0.1, -0.05) is 49.4 Å². The highest BCUT2D eigenvalue weighted by Crippen LogP contribution is 2.29. The topological polar surface area (TPSA) is 84.0 Å². The number of nitrogens with zero attached hydrogens (tertiary/aromatic N) is 2. The van der Waals surface area contributed by atoms with Crippen LogP contribution in [0.1, 0.15) is 30.0 Å². The lowest BCUT2D eigenvalue weighted by Gasteiger charge is -2.26. The van der Waals surface area contributed by atoms with Crippen LogP contribution in [0.4, 0.5) is 14.7 Å². The van der Waals surface area contributed by atoms with Crippen LogP contribution in [0.5, 0.6) is 0 Å². The number of hydrogen-bond acceptors (Lipinski definition) is 6. The Balaban J connectivity index is 1.37. The largest absolute Gasteiger partial charge is 0.350 e. The molecule has 1 aromatic heterocycles. The van der Waals surface area contributed by atoms with Gasteiger partial charge in [0.15, 0.2) is 9.84 Å². The quantitative estimate of drug-likeness (QED) is 0.321. The number of halogens is 2. The van der Waals surface area contributed by atoms with Crippen LogP contribution < -0.4 is 10.6 Å². The van der Waals surface area contributed by atoms with E-state index in [0.717, 1.165) is 22.0 Å². The molecule has 198 valence electrons. The minimum atomic E-state index is -3.53. The number of alkyl halides is 1. The Morgan fingerprint density at radius 3 is 2.55 bits per heavy atom. The lowest BCUT2D eigenvalue weighted by Crippen LogP contribution is -2.44. The maximum Gasteiger partial charge on any atom is 0.223 e. The van der Waals surface area contributed by atoms with Gasteiger partial charge in [0.2, 0.25) is 5.95 Å². The summed E-state index contributed by atoms with van der Waals surface area (Å²) < 4.78 is 54.1. The summed E-state index contributed by atoms with van der Waals surface area (Å²) in [5, 5.41) is 7.10. The molecule has 3 aromatic carbocycles.